The van der Waals surface area contributed by atoms with E-state index in [-0.39, 0.29) is 25.4 Å². The monoisotopic (exact) mass is 221 g/mol. The van der Waals surface area contributed by atoms with Gasteiger partial charge in [-0.3, -0.25) is 9.59 Å². The molecule has 0 aliphatic rings. The van der Waals surface area contributed by atoms with Gasteiger partial charge in [-0.15, -0.1) is 0 Å². The molecule has 1 unspecified atom stereocenters. The molecule has 0 aliphatic carbocycles. The van der Waals surface area contributed by atoms with E-state index in [4.69, 9.17) is 21.1 Å². The summed E-state index contributed by atoms with van der Waals surface area (Å²) in [5.41, 5.74) is 5.03. The number of carboxylic acids is 2. The van der Waals surface area contributed by atoms with Crippen molar-refractivity contribution < 1.29 is 24.9 Å². The van der Waals surface area contributed by atoms with Crippen LogP contribution in [0.5, 0.6) is 0 Å². The molecule has 0 saturated heterocycles. The van der Waals surface area contributed by atoms with E-state index in [0.29, 0.717) is 6.54 Å². The molecule has 0 aromatic rings. The van der Waals surface area contributed by atoms with Crippen LogP contribution in [0.25, 0.3) is 0 Å². The van der Waals surface area contributed by atoms with Crippen molar-refractivity contribution in [3.63, 3.8) is 0 Å². The minimum atomic E-state index is -0.948. The number of aliphatic hydroxyl groups excluding tert-OH is 1. The second kappa shape index (κ2) is 10.9. The molecule has 0 amide bonds. The molecule has 0 spiro atoms. The van der Waals surface area contributed by atoms with Crippen molar-refractivity contribution in [2.45, 2.75) is 38.7 Å². The first-order chi connectivity index (χ1) is 6.93. The molecule has 0 radical (unpaired) electrons. The average Bonchev–Trinajstić information content (AvgIpc) is 2.16. The zero-order valence-corrected chi connectivity index (χ0v) is 8.85. The molecule has 6 heteroatoms. The Labute approximate surface area is 88.7 Å². The highest BCUT2D eigenvalue weighted by atomic mass is 16.4. The van der Waals surface area contributed by atoms with E-state index >= 15 is 0 Å². The molecule has 0 fully saturated rings. The predicted molar refractivity (Wildman–Crippen MR) is 54.5 cm³/mol. The van der Waals surface area contributed by atoms with E-state index in [1.807, 2.05) is 6.92 Å². The predicted octanol–water partition coefficient (Wildman–Crippen LogP) is 0.0419. The zero-order chi connectivity index (χ0) is 12.3. The average molecular weight is 221 g/mol. The molecule has 15 heavy (non-hydrogen) atoms. The summed E-state index contributed by atoms with van der Waals surface area (Å²) in [5.74, 6) is -1.90. The molecule has 0 saturated carbocycles. The van der Waals surface area contributed by atoms with Crippen molar-refractivity contribution in [2.75, 3.05) is 6.54 Å². The summed E-state index contributed by atoms with van der Waals surface area (Å²) in [6.45, 7) is 2.29. The third-order valence-corrected chi connectivity index (χ3v) is 1.52. The number of carbonyl (C=O) groups is 2. The van der Waals surface area contributed by atoms with Gasteiger partial charge >= 0.3 is 11.9 Å². The van der Waals surface area contributed by atoms with Gasteiger partial charge in [0.25, 0.3) is 0 Å². The Kier molecular flexibility index (Phi) is 11.9. The van der Waals surface area contributed by atoms with Gasteiger partial charge in [-0.2, -0.15) is 0 Å². The maximum Gasteiger partial charge on any atom is 0.303 e. The second-order valence-corrected chi connectivity index (χ2v) is 2.94. The first-order valence-electron chi connectivity index (χ1n) is 4.75. The molecule has 5 N–H and O–H groups in total. The Morgan fingerprint density at radius 1 is 1.20 bits per heavy atom. The molecule has 90 valence electrons. The quantitative estimate of drug-likeness (QED) is 0.502. The van der Waals surface area contributed by atoms with Gasteiger partial charge in [0, 0.05) is 19.4 Å². The van der Waals surface area contributed by atoms with E-state index in [1.54, 1.807) is 0 Å². The van der Waals surface area contributed by atoms with Gasteiger partial charge in [0.15, 0.2) is 0 Å². The fourth-order valence-corrected chi connectivity index (χ4v) is 0.558. The van der Waals surface area contributed by atoms with Crippen LogP contribution in [-0.2, 0) is 9.59 Å². The van der Waals surface area contributed by atoms with E-state index in [1.165, 1.54) is 0 Å². The van der Waals surface area contributed by atoms with Crippen LogP contribution in [0.1, 0.15) is 32.6 Å². The van der Waals surface area contributed by atoms with Gasteiger partial charge in [-0.05, 0) is 12.8 Å². The highest BCUT2D eigenvalue weighted by Gasteiger charge is 1.99. The number of aliphatic carboxylic acids is 2. The molecule has 0 heterocycles. The smallest absolute Gasteiger partial charge is 0.303 e. The van der Waals surface area contributed by atoms with Gasteiger partial charge in [0.1, 0.15) is 0 Å². The second-order valence-electron chi connectivity index (χ2n) is 2.94. The summed E-state index contributed by atoms with van der Waals surface area (Å²) in [7, 11) is 0. The Bertz CT molecular complexity index is 165. The summed E-state index contributed by atoms with van der Waals surface area (Å²) >= 11 is 0. The van der Waals surface area contributed by atoms with E-state index in [9.17, 15) is 9.59 Å². The minimum absolute atomic E-state index is 0.0632. The van der Waals surface area contributed by atoms with E-state index < -0.39 is 11.9 Å². The lowest BCUT2D eigenvalue weighted by Gasteiger charge is -1.98. The first kappa shape index (κ1) is 16.3. The summed E-state index contributed by atoms with van der Waals surface area (Å²) in [4.78, 5) is 19.6. The third kappa shape index (κ3) is 19.3. The highest BCUT2D eigenvalue weighted by molar-refractivity contribution is 5.69. The number of aliphatic hydroxyl groups is 1. The zero-order valence-electron chi connectivity index (χ0n) is 8.85. The Morgan fingerprint density at radius 3 is 1.73 bits per heavy atom. The normalized spacial score (nSPS) is 11.1. The van der Waals surface area contributed by atoms with Crippen molar-refractivity contribution in [1.29, 1.82) is 0 Å². The molecule has 0 rings (SSSR count). The van der Waals surface area contributed by atoms with E-state index in [0.717, 1.165) is 6.42 Å². The van der Waals surface area contributed by atoms with Crippen molar-refractivity contribution in [3.05, 3.63) is 0 Å². The summed E-state index contributed by atoms with van der Waals surface area (Å²) < 4.78 is 0. The van der Waals surface area contributed by atoms with Gasteiger partial charge in [0.2, 0.25) is 0 Å². The summed E-state index contributed by atoms with van der Waals surface area (Å²) in [6, 6.07) is 0. The SMILES string of the molecule is CCC(O)CN.O=C(O)CCCC(=O)O. The largest absolute Gasteiger partial charge is 0.481 e. The fourth-order valence-electron chi connectivity index (χ4n) is 0.558. The van der Waals surface area contributed by atoms with Crippen molar-refractivity contribution in [3.8, 4) is 0 Å². The van der Waals surface area contributed by atoms with Crippen LogP contribution >= 0.6 is 0 Å². The van der Waals surface area contributed by atoms with Gasteiger partial charge in [0.05, 0.1) is 6.10 Å². The molecule has 1 atom stereocenters. The molecule has 0 aliphatic heterocycles. The fraction of sp³-hybridized carbons (Fsp3) is 0.778. The van der Waals surface area contributed by atoms with Gasteiger partial charge in [-0.25, -0.2) is 0 Å². The van der Waals surface area contributed by atoms with Crippen molar-refractivity contribution in [1.82, 2.24) is 0 Å². The van der Waals surface area contributed by atoms with Crippen LogP contribution in [0.15, 0.2) is 0 Å². The van der Waals surface area contributed by atoms with Crippen LogP contribution < -0.4 is 5.73 Å². The lowest BCUT2D eigenvalue weighted by Crippen LogP contribution is -2.17. The van der Waals surface area contributed by atoms with Gasteiger partial charge in [-0.1, -0.05) is 6.92 Å². The topological polar surface area (TPSA) is 121 Å². The highest BCUT2D eigenvalue weighted by Crippen LogP contribution is 1.93. The van der Waals surface area contributed by atoms with Crippen LogP contribution in [0, 0.1) is 0 Å². The van der Waals surface area contributed by atoms with Crippen LogP contribution in [-0.4, -0.2) is 39.9 Å². The maximum absolute atomic E-state index is 9.79. The Morgan fingerprint density at radius 2 is 1.60 bits per heavy atom. The standard InChI is InChI=1S/C5H8O4.C4H11NO/c6-4(7)2-1-3-5(8)9;1-2-4(6)3-5/h1-3H2,(H,6,7)(H,8,9);4,6H,2-3,5H2,1H3. The summed E-state index contributed by atoms with van der Waals surface area (Å²) in [5, 5.41) is 24.6. The first-order valence-corrected chi connectivity index (χ1v) is 4.75. The van der Waals surface area contributed by atoms with Gasteiger partial charge < -0.3 is 21.1 Å². The van der Waals surface area contributed by atoms with Crippen LogP contribution in [0.3, 0.4) is 0 Å². The lowest BCUT2D eigenvalue weighted by molar-refractivity contribution is -0.138. The Hall–Kier alpha value is -1.14. The molecule has 0 aromatic carbocycles. The molecule has 0 aromatic heterocycles. The molecular formula is C9H19NO5. The number of rotatable bonds is 6. The molecular weight excluding hydrogens is 202 g/mol. The van der Waals surface area contributed by atoms with E-state index in [2.05, 4.69) is 0 Å². The Balaban J connectivity index is 0. The molecule has 0 bridgehead atoms. The van der Waals surface area contributed by atoms with Crippen LogP contribution in [0.2, 0.25) is 0 Å². The summed E-state index contributed by atoms with van der Waals surface area (Å²) in [6.07, 6.45) is 0.560. The number of hydrogen-bond acceptors (Lipinski definition) is 4. The van der Waals surface area contributed by atoms with Crippen molar-refractivity contribution >= 4 is 11.9 Å². The number of nitrogens with two attached hydrogens (primary N) is 1. The lowest BCUT2D eigenvalue weighted by atomic mass is 10.2. The van der Waals surface area contributed by atoms with Crippen LogP contribution in [0.4, 0.5) is 0 Å². The van der Waals surface area contributed by atoms with Crippen molar-refractivity contribution in [2.24, 2.45) is 5.73 Å². The third-order valence-electron chi connectivity index (χ3n) is 1.52. The number of hydrogen-bond donors (Lipinski definition) is 4. The number of carboxylic acid groups (broad SMARTS) is 2. The maximum atomic E-state index is 9.79. The molecule has 6 nitrogen and oxygen atoms in total. The minimum Gasteiger partial charge on any atom is -0.481 e.